The number of carbonyl (C=O) groups excluding carboxylic acids is 2. The Morgan fingerprint density at radius 3 is 2.79 bits per heavy atom. The molecule has 0 aliphatic carbocycles. The van der Waals surface area contributed by atoms with Gasteiger partial charge in [-0.3, -0.25) is 19.4 Å². The monoisotopic (exact) mass is 327 g/mol. The number of rotatable bonds is 3. The van der Waals surface area contributed by atoms with Crippen molar-refractivity contribution >= 4 is 11.8 Å². The lowest BCUT2D eigenvalue weighted by atomic mass is 10.1. The summed E-state index contributed by atoms with van der Waals surface area (Å²) in [6, 6.07) is 4.23. The third kappa shape index (κ3) is 3.48. The van der Waals surface area contributed by atoms with Crippen LogP contribution in [0.4, 0.5) is 0 Å². The van der Waals surface area contributed by atoms with Crippen LogP contribution in [0.5, 0.6) is 0 Å². The summed E-state index contributed by atoms with van der Waals surface area (Å²) in [6.07, 6.45) is 5.45. The van der Waals surface area contributed by atoms with Gasteiger partial charge in [0.2, 0.25) is 5.91 Å². The highest BCUT2D eigenvalue weighted by atomic mass is 16.2. The Balaban J connectivity index is 1.84. The van der Waals surface area contributed by atoms with Gasteiger partial charge in [-0.1, -0.05) is 0 Å². The Bertz CT molecular complexity index is 803. The van der Waals surface area contributed by atoms with E-state index in [1.807, 2.05) is 0 Å². The minimum atomic E-state index is -0.628. The summed E-state index contributed by atoms with van der Waals surface area (Å²) in [5.41, 5.74) is 0.503. The molecule has 0 saturated carbocycles. The van der Waals surface area contributed by atoms with Crippen LogP contribution in [0.2, 0.25) is 0 Å². The van der Waals surface area contributed by atoms with Crippen molar-refractivity contribution in [3.05, 3.63) is 46.5 Å². The van der Waals surface area contributed by atoms with E-state index in [0.29, 0.717) is 18.7 Å². The summed E-state index contributed by atoms with van der Waals surface area (Å²) in [5, 5.41) is 11.6. The van der Waals surface area contributed by atoms with E-state index < -0.39 is 17.5 Å². The molecule has 1 fully saturated rings. The molecule has 8 heteroatoms. The quantitative estimate of drug-likeness (QED) is 0.746. The highest BCUT2D eigenvalue weighted by Crippen LogP contribution is 2.14. The Hall–Kier alpha value is -3.03. The van der Waals surface area contributed by atoms with Crippen LogP contribution >= 0.6 is 0 Å². The van der Waals surface area contributed by atoms with Gasteiger partial charge in [0.1, 0.15) is 11.6 Å². The molecule has 24 heavy (non-hydrogen) atoms. The topological polar surface area (TPSA) is 117 Å². The van der Waals surface area contributed by atoms with Crippen molar-refractivity contribution in [3.63, 3.8) is 0 Å². The molecule has 1 saturated heterocycles. The summed E-state index contributed by atoms with van der Waals surface area (Å²) >= 11 is 0. The second-order valence-corrected chi connectivity index (χ2v) is 5.54. The average molecular weight is 327 g/mol. The van der Waals surface area contributed by atoms with Crippen molar-refractivity contribution in [1.82, 2.24) is 25.8 Å². The first kappa shape index (κ1) is 15.9. The molecular formula is C16H17N5O3. The van der Waals surface area contributed by atoms with Gasteiger partial charge in [0, 0.05) is 24.5 Å². The SMILES string of the molecule is O=C(NC1CCCCNC1=O)c1cc(-c2ccncc2)n[nH]c1=O. The van der Waals surface area contributed by atoms with Gasteiger partial charge in [-0.15, -0.1) is 0 Å². The van der Waals surface area contributed by atoms with Gasteiger partial charge in [0.15, 0.2) is 0 Å². The first-order chi connectivity index (χ1) is 11.6. The van der Waals surface area contributed by atoms with Crippen molar-refractivity contribution < 1.29 is 9.59 Å². The second kappa shape index (κ2) is 7.03. The van der Waals surface area contributed by atoms with Gasteiger partial charge < -0.3 is 10.6 Å². The minimum absolute atomic E-state index is 0.0751. The Kier molecular flexibility index (Phi) is 4.64. The van der Waals surface area contributed by atoms with Gasteiger partial charge in [-0.05, 0) is 37.5 Å². The number of amides is 2. The molecule has 1 aliphatic heterocycles. The van der Waals surface area contributed by atoms with E-state index in [4.69, 9.17) is 0 Å². The molecule has 0 radical (unpaired) electrons. The van der Waals surface area contributed by atoms with Crippen molar-refractivity contribution in [2.75, 3.05) is 6.54 Å². The van der Waals surface area contributed by atoms with E-state index in [0.717, 1.165) is 18.4 Å². The fraction of sp³-hybridized carbons (Fsp3) is 0.312. The summed E-state index contributed by atoms with van der Waals surface area (Å²) in [5.74, 6) is -0.809. The van der Waals surface area contributed by atoms with E-state index in [2.05, 4.69) is 25.8 Å². The maximum absolute atomic E-state index is 12.4. The highest BCUT2D eigenvalue weighted by molar-refractivity contribution is 5.97. The smallest absolute Gasteiger partial charge is 0.277 e. The summed E-state index contributed by atoms with van der Waals surface area (Å²) in [7, 11) is 0. The van der Waals surface area contributed by atoms with Crippen LogP contribution in [0.15, 0.2) is 35.4 Å². The van der Waals surface area contributed by atoms with Crippen molar-refractivity contribution in [2.24, 2.45) is 0 Å². The first-order valence-corrected chi connectivity index (χ1v) is 7.74. The molecule has 3 rings (SSSR count). The number of hydrogen-bond donors (Lipinski definition) is 3. The van der Waals surface area contributed by atoms with E-state index >= 15 is 0 Å². The predicted molar refractivity (Wildman–Crippen MR) is 86.2 cm³/mol. The van der Waals surface area contributed by atoms with Crippen LogP contribution in [0, 0.1) is 0 Å². The van der Waals surface area contributed by atoms with Crippen LogP contribution in [0.3, 0.4) is 0 Å². The molecule has 2 aromatic heterocycles. The number of pyridine rings is 1. The van der Waals surface area contributed by atoms with Gasteiger partial charge >= 0.3 is 0 Å². The lowest BCUT2D eigenvalue weighted by molar-refractivity contribution is -0.122. The fourth-order valence-corrected chi connectivity index (χ4v) is 2.56. The lowest BCUT2D eigenvalue weighted by Gasteiger charge is -2.15. The number of nitrogens with one attached hydrogen (secondary N) is 3. The van der Waals surface area contributed by atoms with Crippen LogP contribution < -0.4 is 16.2 Å². The largest absolute Gasteiger partial charge is 0.354 e. The zero-order chi connectivity index (χ0) is 16.9. The van der Waals surface area contributed by atoms with Crippen LogP contribution in [0.25, 0.3) is 11.3 Å². The van der Waals surface area contributed by atoms with E-state index in [1.165, 1.54) is 6.07 Å². The van der Waals surface area contributed by atoms with E-state index in [1.54, 1.807) is 24.5 Å². The summed E-state index contributed by atoms with van der Waals surface area (Å²) < 4.78 is 0. The molecule has 1 unspecified atom stereocenters. The number of carbonyl (C=O) groups is 2. The normalized spacial score (nSPS) is 17.7. The van der Waals surface area contributed by atoms with Crippen LogP contribution in [-0.4, -0.2) is 39.6 Å². The molecule has 2 amide bonds. The van der Waals surface area contributed by atoms with Crippen molar-refractivity contribution in [3.8, 4) is 11.3 Å². The average Bonchev–Trinajstić information content (AvgIpc) is 2.80. The summed E-state index contributed by atoms with van der Waals surface area (Å²) in [4.78, 5) is 40.2. The molecular weight excluding hydrogens is 310 g/mol. The number of aromatic amines is 1. The Morgan fingerprint density at radius 1 is 1.21 bits per heavy atom. The lowest BCUT2D eigenvalue weighted by Crippen LogP contribution is -2.46. The van der Waals surface area contributed by atoms with Gasteiger partial charge in [0.25, 0.3) is 11.5 Å². The second-order valence-electron chi connectivity index (χ2n) is 5.54. The maximum Gasteiger partial charge on any atom is 0.277 e. The third-order valence-electron chi connectivity index (χ3n) is 3.86. The molecule has 3 heterocycles. The molecule has 0 bridgehead atoms. The molecule has 3 N–H and O–H groups in total. The zero-order valence-electron chi connectivity index (χ0n) is 12.9. The van der Waals surface area contributed by atoms with Gasteiger partial charge in [-0.2, -0.15) is 5.10 Å². The molecule has 0 spiro atoms. The fourth-order valence-electron chi connectivity index (χ4n) is 2.56. The third-order valence-corrected chi connectivity index (χ3v) is 3.86. The van der Waals surface area contributed by atoms with Crippen molar-refractivity contribution in [1.29, 1.82) is 0 Å². The molecule has 1 atom stereocenters. The number of H-pyrrole nitrogens is 1. The number of aromatic nitrogens is 3. The number of nitrogens with zero attached hydrogens (tertiary/aromatic N) is 2. The maximum atomic E-state index is 12.4. The van der Waals surface area contributed by atoms with E-state index in [-0.39, 0.29) is 11.5 Å². The number of hydrogen-bond acceptors (Lipinski definition) is 5. The predicted octanol–water partition coefficient (Wildman–Crippen LogP) is 0.230. The minimum Gasteiger partial charge on any atom is -0.354 e. The van der Waals surface area contributed by atoms with Crippen molar-refractivity contribution in [2.45, 2.75) is 25.3 Å². The Morgan fingerprint density at radius 2 is 2.00 bits per heavy atom. The Labute approximate surface area is 137 Å². The van der Waals surface area contributed by atoms with E-state index in [9.17, 15) is 14.4 Å². The molecule has 124 valence electrons. The summed E-state index contributed by atoms with van der Waals surface area (Å²) in [6.45, 7) is 0.604. The van der Waals surface area contributed by atoms with Crippen LogP contribution in [-0.2, 0) is 4.79 Å². The zero-order valence-corrected chi connectivity index (χ0v) is 12.9. The highest BCUT2D eigenvalue weighted by Gasteiger charge is 2.24. The van der Waals surface area contributed by atoms with Gasteiger partial charge in [-0.25, -0.2) is 5.10 Å². The molecule has 2 aromatic rings. The standard InChI is InChI=1S/C16H17N5O3/c22-14(19-12-3-1-2-6-18-16(12)24)11-9-13(20-21-15(11)23)10-4-7-17-8-5-10/h4-5,7-9,12H,1-3,6H2,(H,18,24)(H,19,22)(H,21,23). The molecule has 1 aliphatic rings. The molecule has 8 nitrogen and oxygen atoms in total. The first-order valence-electron chi connectivity index (χ1n) is 7.74. The molecule has 0 aromatic carbocycles. The van der Waals surface area contributed by atoms with Gasteiger partial charge in [0.05, 0.1) is 5.69 Å². The van der Waals surface area contributed by atoms with Crippen LogP contribution in [0.1, 0.15) is 29.6 Å².